The monoisotopic (exact) mass is 374 g/mol. The normalized spacial score (nSPS) is 14.6. The highest BCUT2D eigenvalue weighted by molar-refractivity contribution is 5.95. The highest BCUT2D eigenvalue weighted by Gasteiger charge is 2.25. The third-order valence-corrected chi connectivity index (χ3v) is 4.55. The summed E-state index contributed by atoms with van der Waals surface area (Å²) in [6.45, 7) is 1.51. The first-order chi connectivity index (χ1) is 13.0. The Morgan fingerprint density at radius 3 is 2.30 bits per heavy atom. The van der Waals surface area contributed by atoms with Crippen molar-refractivity contribution in [3.63, 3.8) is 0 Å². The average Bonchev–Trinajstić information content (AvgIpc) is 2.93. The van der Waals surface area contributed by atoms with Crippen LogP contribution in [0.4, 0.5) is 8.78 Å². The SMILES string of the molecule is COc1cccc(C(=O)N2CCCN(C(=O)c3ccc(F)cc3F)CC2)c1. The van der Waals surface area contributed by atoms with Gasteiger partial charge in [-0.3, -0.25) is 9.59 Å². The molecule has 0 unspecified atom stereocenters. The summed E-state index contributed by atoms with van der Waals surface area (Å²) < 4.78 is 32.1. The maximum atomic E-state index is 13.9. The molecule has 0 bridgehead atoms. The topological polar surface area (TPSA) is 49.9 Å². The molecule has 0 spiro atoms. The number of carbonyl (C=O) groups excluding carboxylic acids is 2. The lowest BCUT2D eigenvalue weighted by atomic mass is 10.1. The number of benzene rings is 2. The average molecular weight is 374 g/mol. The first kappa shape index (κ1) is 18.8. The number of ether oxygens (including phenoxy) is 1. The molecular weight excluding hydrogens is 354 g/mol. The van der Waals surface area contributed by atoms with Crippen molar-refractivity contribution in [3.8, 4) is 5.75 Å². The molecule has 0 aliphatic carbocycles. The van der Waals surface area contributed by atoms with Crippen molar-refractivity contribution in [2.45, 2.75) is 6.42 Å². The number of methoxy groups -OCH3 is 1. The fraction of sp³-hybridized carbons (Fsp3) is 0.300. The number of rotatable bonds is 3. The second-order valence-corrected chi connectivity index (χ2v) is 6.29. The summed E-state index contributed by atoms with van der Waals surface area (Å²) in [6.07, 6.45) is 0.574. The van der Waals surface area contributed by atoms with E-state index in [-0.39, 0.29) is 18.0 Å². The summed E-state index contributed by atoms with van der Waals surface area (Å²) in [5.74, 6) is -1.65. The van der Waals surface area contributed by atoms with E-state index in [0.29, 0.717) is 43.4 Å². The molecule has 0 aromatic heterocycles. The van der Waals surface area contributed by atoms with E-state index in [2.05, 4.69) is 0 Å². The van der Waals surface area contributed by atoms with Crippen LogP contribution in [0, 0.1) is 11.6 Å². The minimum Gasteiger partial charge on any atom is -0.497 e. The van der Waals surface area contributed by atoms with E-state index in [0.717, 1.165) is 12.1 Å². The number of carbonyl (C=O) groups is 2. The summed E-state index contributed by atoms with van der Waals surface area (Å²) in [6, 6.07) is 9.80. The van der Waals surface area contributed by atoms with Crippen LogP contribution in [0.25, 0.3) is 0 Å². The minimum absolute atomic E-state index is 0.142. The lowest BCUT2D eigenvalue weighted by molar-refractivity contribution is 0.0716. The van der Waals surface area contributed by atoms with Gasteiger partial charge >= 0.3 is 0 Å². The molecule has 0 atom stereocenters. The van der Waals surface area contributed by atoms with E-state index < -0.39 is 17.5 Å². The Morgan fingerprint density at radius 2 is 1.63 bits per heavy atom. The number of nitrogens with zero attached hydrogens (tertiary/aromatic N) is 2. The first-order valence-corrected chi connectivity index (χ1v) is 8.67. The predicted molar refractivity (Wildman–Crippen MR) is 95.8 cm³/mol. The first-order valence-electron chi connectivity index (χ1n) is 8.67. The van der Waals surface area contributed by atoms with Crippen LogP contribution in [0.5, 0.6) is 5.75 Å². The molecular formula is C20H20F2N2O3. The summed E-state index contributed by atoms with van der Waals surface area (Å²) in [4.78, 5) is 28.4. The zero-order valence-corrected chi connectivity index (χ0v) is 15.0. The number of halogens is 2. The van der Waals surface area contributed by atoms with E-state index in [1.807, 2.05) is 0 Å². The van der Waals surface area contributed by atoms with Crippen molar-refractivity contribution in [1.82, 2.24) is 9.80 Å². The molecule has 0 saturated carbocycles. The van der Waals surface area contributed by atoms with Gasteiger partial charge in [0.2, 0.25) is 0 Å². The van der Waals surface area contributed by atoms with Crippen LogP contribution >= 0.6 is 0 Å². The fourth-order valence-electron chi connectivity index (χ4n) is 3.10. The second-order valence-electron chi connectivity index (χ2n) is 6.29. The molecule has 2 amide bonds. The Balaban J connectivity index is 1.69. The molecule has 0 N–H and O–H groups in total. The van der Waals surface area contributed by atoms with E-state index in [9.17, 15) is 18.4 Å². The predicted octanol–water partition coefficient (Wildman–Crippen LogP) is 2.96. The Bertz CT molecular complexity index is 857. The van der Waals surface area contributed by atoms with Crippen LogP contribution < -0.4 is 4.74 Å². The Labute approximate surface area is 156 Å². The van der Waals surface area contributed by atoms with Gasteiger partial charge in [-0.1, -0.05) is 6.07 Å². The smallest absolute Gasteiger partial charge is 0.256 e. The third-order valence-electron chi connectivity index (χ3n) is 4.55. The van der Waals surface area contributed by atoms with Crippen molar-refractivity contribution in [2.75, 3.05) is 33.3 Å². The summed E-state index contributed by atoms with van der Waals surface area (Å²) >= 11 is 0. The van der Waals surface area contributed by atoms with E-state index in [1.165, 1.54) is 12.0 Å². The van der Waals surface area contributed by atoms with Gasteiger partial charge in [0, 0.05) is 37.8 Å². The fourth-order valence-corrected chi connectivity index (χ4v) is 3.10. The number of hydrogen-bond donors (Lipinski definition) is 0. The van der Waals surface area contributed by atoms with Crippen molar-refractivity contribution in [3.05, 3.63) is 65.2 Å². The van der Waals surface area contributed by atoms with Gasteiger partial charge in [-0.15, -0.1) is 0 Å². The summed E-state index contributed by atoms with van der Waals surface area (Å²) in [7, 11) is 1.54. The van der Waals surface area contributed by atoms with E-state index in [4.69, 9.17) is 4.74 Å². The van der Waals surface area contributed by atoms with Crippen LogP contribution in [0.3, 0.4) is 0 Å². The molecule has 0 radical (unpaired) electrons. The minimum atomic E-state index is -0.881. The molecule has 1 aliphatic rings. The van der Waals surface area contributed by atoms with Crippen molar-refractivity contribution >= 4 is 11.8 Å². The maximum absolute atomic E-state index is 13.9. The van der Waals surface area contributed by atoms with Crippen LogP contribution in [-0.4, -0.2) is 54.9 Å². The van der Waals surface area contributed by atoms with Gasteiger partial charge in [-0.25, -0.2) is 8.78 Å². The highest BCUT2D eigenvalue weighted by atomic mass is 19.1. The number of hydrogen-bond acceptors (Lipinski definition) is 3. The molecule has 7 heteroatoms. The van der Waals surface area contributed by atoms with E-state index >= 15 is 0 Å². The van der Waals surface area contributed by atoms with Crippen molar-refractivity contribution < 1.29 is 23.1 Å². The Hall–Kier alpha value is -2.96. The molecule has 142 valence electrons. The molecule has 5 nitrogen and oxygen atoms in total. The molecule has 3 rings (SSSR count). The maximum Gasteiger partial charge on any atom is 0.256 e. The lowest BCUT2D eigenvalue weighted by Crippen LogP contribution is -2.37. The quantitative estimate of drug-likeness (QED) is 0.830. The standard InChI is InChI=1S/C20H20F2N2O3/c1-27-16-5-2-4-14(12-16)19(25)23-8-3-9-24(11-10-23)20(26)17-7-6-15(21)13-18(17)22/h2,4-7,12-13H,3,8-11H2,1H3. The molecule has 1 saturated heterocycles. The van der Waals surface area contributed by atoms with E-state index in [1.54, 1.807) is 29.2 Å². The van der Waals surface area contributed by atoms with Crippen LogP contribution in [-0.2, 0) is 0 Å². The highest BCUT2D eigenvalue weighted by Crippen LogP contribution is 2.17. The van der Waals surface area contributed by atoms with Gasteiger partial charge in [-0.05, 0) is 36.8 Å². The zero-order chi connectivity index (χ0) is 19.4. The summed E-state index contributed by atoms with van der Waals surface area (Å²) in [5, 5.41) is 0. The Kier molecular flexibility index (Phi) is 5.69. The molecule has 1 heterocycles. The van der Waals surface area contributed by atoms with Crippen LogP contribution in [0.1, 0.15) is 27.1 Å². The van der Waals surface area contributed by atoms with Crippen LogP contribution in [0.15, 0.2) is 42.5 Å². The third kappa shape index (κ3) is 4.24. The molecule has 2 aromatic carbocycles. The van der Waals surface area contributed by atoms with Gasteiger partial charge in [0.25, 0.3) is 11.8 Å². The largest absolute Gasteiger partial charge is 0.497 e. The van der Waals surface area contributed by atoms with Crippen molar-refractivity contribution in [1.29, 1.82) is 0 Å². The van der Waals surface area contributed by atoms with Gasteiger partial charge < -0.3 is 14.5 Å². The second kappa shape index (κ2) is 8.16. The molecule has 27 heavy (non-hydrogen) atoms. The number of amides is 2. The molecule has 1 fully saturated rings. The Morgan fingerprint density at radius 1 is 0.926 bits per heavy atom. The lowest BCUT2D eigenvalue weighted by Gasteiger charge is -2.22. The van der Waals surface area contributed by atoms with Gasteiger partial charge in [0.05, 0.1) is 12.7 Å². The molecule has 2 aromatic rings. The summed E-state index contributed by atoms with van der Waals surface area (Å²) in [5.41, 5.74) is 0.350. The zero-order valence-electron chi connectivity index (χ0n) is 15.0. The van der Waals surface area contributed by atoms with Gasteiger partial charge in [0.15, 0.2) is 0 Å². The van der Waals surface area contributed by atoms with Gasteiger partial charge in [0.1, 0.15) is 17.4 Å². The van der Waals surface area contributed by atoms with Crippen molar-refractivity contribution in [2.24, 2.45) is 0 Å². The van der Waals surface area contributed by atoms with Crippen LogP contribution in [0.2, 0.25) is 0 Å². The van der Waals surface area contributed by atoms with Gasteiger partial charge in [-0.2, -0.15) is 0 Å². The molecule has 1 aliphatic heterocycles.